The fourth-order valence-corrected chi connectivity index (χ4v) is 13.1. The molecule has 0 aromatic carbocycles. The van der Waals surface area contributed by atoms with Crippen molar-refractivity contribution in [1.29, 1.82) is 0 Å². The lowest BCUT2D eigenvalue weighted by atomic mass is 9.39. The monoisotopic (exact) mass is 693 g/mol. The van der Waals surface area contributed by atoms with Gasteiger partial charge in [0.05, 0.1) is 35.4 Å². The molecule has 6 N–H and O–H groups in total. The van der Waals surface area contributed by atoms with Gasteiger partial charge >= 0.3 is 23.9 Å². The van der Waals surface area contributed by atoms with Crippen molar-refractivity contribution in [3.8, 4) is 0 Å². The van der Waals surface area contributed by atoms with Crippen molar-refractivity contribution in [2.24, 2.45) is 57.5 Å². The van der Waals surface area contributed by atoms with Crippen LogP contribution in [0.1, 0.15) is 61.8 Å². The van der Waals surface area contributed by atoms with E-state index in [2.05, 4.69) is 0 Å². The third kappa shape index (κ3) is 3.49. The highest BCUT2D eigenvalue weighted by molar-refractivity contribution is 5.84. The minimum absolute atomic E-state index is 0.0166. The van der Waals surface area contributed by atoms with E-state index in [-0.39, 0.29) is 6.42 Å². The Balaban J connectivity index is 1.42. The molecule has 0 radical (unpaired) electrons. The van der Waals surface area contributed by atoms with Gasteiger partial charge in [-0.3, -0.25) is 14.4 Å². The van der Waals surface area contributed by atoms with Crippen molar-refractivity contribution in [2.75, 3.05) is 0 Å². The Morgan fingerprint density at radius 3 is 2.06 bits per heavy atom. The normalized spacial score (nSPS) is 61.7. The highest BCUT2D eigenvalue weighted by atomic mass is 16.8. The first kappa shape index (κ1) is 33.7. The zero-order valence-electron chi connectivity index (χ0n) is 28.8. The summed E-state index contributed by atoms with van der Waals surface area (Å²) in [5.74, 6) is -9.74. The van der Waals surface area contributed by atoms with Crippen LogP contribution in [0.2, 0.25) is 0 Å². The average Bonchev–Trinajstić information content (AvgIpc) is 3.89. The number of hydrogen-bond acceptors (Lipinski definition) is 15. The van der Waals surface area contributed by atoms with Crippen LogP contribution in [0.3, 0.4) is 0 Å². The predicted molar refractivity (Wildman–Crippen MR) is 160 cm³/mol. The minimum Gasteiger partial charge on any atom is -0.462 e. The van der Waals surface area contributed by atoms with Gasteiger partial charge in [0, 0.05) is 61.7 Å². The van der Waals surface area contributed by atoms with Gasteiger partial charge in [-0.2, -0.15) is 0 Å². The molecule has 49 heavy (non-hydrogen) atoms. The van der Waals surface area contributed by atoms with Crippen LogP contribution in [0.15, 0.2) is 0 Å². The van der Waals surface area contributed by atoms with Gasteiger partial charge in [-0.1, -0.05) is 20.8 Å². The largest absolute Gasteiger partial charge is 0.462 e. The molecule has 5 saturated carbocycles. The lowest BCUT2D eigenvalue weighted by molar-refractivity contribution is -0.318. The van der Waals surface area contributed by atoms with Crippen LogP contribution in [-0.2, 0) is 47.6 Å². The maximum atomic E-state index is 13.4. The summed E-state index contributed by atoms with van der Waals surface area (Å²) in [5, 5.41) is 49.0. The first-order valence-electron chi connectivity index (χ1n) is 17.2. The molecule has 0 bridgehead atoms. The number of aliphatic hydroxyl groups is 4. The number of nitrogens with two attached hydrogens (primary N) is 1. The Hall–Kier alpha value is -2.40. The molecule has 272 valence electrons. The van der Waals surface area contributed by atoms with Gasteiger partial charge in [-0.05, 0) is 25.7 Å². The molecule has 3 heterocycles. The highest BCUT2D eigenvalue weighted by Crippen LogP contribution is 2.81. The number of epoxide rings is 2. The van der Waals surface area contributed by atoms with E-state index in [0.717, 1.165) is 0 Å². The Morgan fingerprint density at radius 2 is 1.47 bits per heavy atom. The first-order valence-corrected chi connectivity index (χ1v) is 17.2. The Kier molecular flexibility index (Phi) is 6.55. The van der Waals surface area contributed by atoms with Gasteiger partial charge in [0.25, 0.3) is 0 Å². The molecule has 8 rings (SSSR count). The van der Waals surface area contributed by atoms with E-state index in [1.807, 2.05) is 13.8 Å². The van der Waals surface area contributed by atoms with Gasteiger partial charge < -0.3 is 54.6 Å². The lowest BCUT2D eigenvalue weighted by Crippen LogP contribution is -2.82. The number of hydrogen-bond donors (Lipinski definition) is 5. The smallest absolute Gasteiger partial charge is 0.341 e. The number of aliphatic hydroxyl groups excluding tert-OH is 2. The summed E-state index contributed by atoms with van der Waals surface area (Å²) in [7, 11) is 0. The summed E-state index contributed by atoms with van der Waals surface area (Å²) in [6, 6.07) is -1.35. The topological polar surface area (TPSA) is 237 Å². The number of carbonyl (C=O) groups is 4. The third-order valence-corrected chi connectivity index (χ3v) is 15.2. The Morgan fingerprint density at radius 1 is 0.878 bits per heavy atom. The first-order chi connectivity index (χ1) is 22.6. The summed E-state index contributed by atoms with van der Waals surface area (Å²) < 4.78 is 36.4. The second-order valence-corrected chi connectivity index (χ2v) is 17.0. The molecule has 15 heteroatoms. The van der Waals surface area contributed by atoms with Crippen LogP contribution in [0, 0.1) is 51.8 Å². The van der Waals surface area contributed by atoms with Crippen molar-refractivity contribution in [2.45, 2.75) is 134 Å². The summed E-state index contributed by atoms with van der Waals surface area (Å²) >= 11 is 0. The van der Waals surface area contributed by atoms with Crippen molar-refractivity contribution in [1.82, 2.24) is 0 Å². The summed E-state index contributed by atoms with van der Waals surface area (Å²) in [5.41, 5.74) is -1.70. The Labute approximate surface area is 283 Å². The SMILES string of the molecule is CC(=O)O[C@H]1[C@@H]2[C@H]([C@H](C)[C@H]3O[C@]34OC(=O)[C@@](C)(O)[C@]24C)[C@]2(C)[C@@H]1C1C([C@H](OC(C)=O)[C@@H]2OC(C)=O)[C@@]2(C)[C@@H](O)[C@H]3O[C@H]3C[C@]2(O)[C@H](N)[C@@H]1O. The molecule has 8 aliphatic rings. The molecule has 8 fully saturated rings. The molecule has 3 saturated heterocycles. The van der Waals surface area contributed by atoms with Crippen LogP contribution in [-0.4, -0.2) is 116 Å². The van der Waals surface area contributed by atoms with Crippen LogP contribution in [0.5, 0.6) is 0 Å². The fourth-order valence-electron chi connectivity index (χ4n) is 13.1. The quantitative estimate of drug-likeness (QED) is 0.134. The van der Waals surface area contributed by atoms with Crippen LogP contribution in [0.25, 0.3) is 0 Å². The number of ether oxygens (including phenoxy) is 6. The van der Waals surface area contributed by atoms with Crippen molar-refractivity contribution >= 4 is 23.9 Å². The molecule has 0 amide bonds. The second-order valence-electron chi connectivity index (χ2n) is 17.0. The summed E-state index contributed by atoms with van der Waals surface area (Å²) in [6.45, 7) is 12.0. The predicted octanol–water partition coefficient (Wildman–Crippen LogP) is -1.07. The zero-order chi connectivity index (χ0) is 35.9. The standard InChI is InChI=1S/C34H47NO14/c1-10-16-19(31(7)32(8,42)28(41)49-34(31)26(10)48-34)22(44-11(2)36)17-15-18(23(45-12(3)37)27(29(16,17)5)46-13(4)38)30(6)25(40)21-14(47-21)9-33(30,43)24(35)20(15)39/h10,14-27,39-40,42-43H,9,35H2,1-8H3/t10-,14-,15?,16-,17+,18?,19-,20+,21-,22+,23-,24+,25-,26+,27-,29+,30-,31-,32+,33-,34-/m0/s1. The molecule has 21 atom stereocenters. The van der Waals surface area contributed by atoms with E-state index in [1.54, 1.807) is 13.8 Å². The van der Waals surface area contributed by atoms with E-state index in [4.69, 9.17) is 34.2 Å². The van der Waals surface area contributed by atoms with Crippen molar-refractivity contribution < 1.29 is 68.0 Å². The van der Waals surface area contributed by atoms with Gasteiger partial charge in [0.15, 0.2) is 5.60 Å². The maximum absolute atomic E-state index is 13.4. The van der Waals surface area contributed by atoms with Gasteiger partial charge in [-0.25, -0.2) is 4.79 Å². The van der Waals surface area contributed by atoms with Gasteiger partial charge in [0.2, 0.25) is 5.79 Å². The van der Waals surface area contributed by atoms with Gasteiger partial charge in [0.1, 0.15) is 30.5 Å². The van der Waals surface area contributed by atoms with Crippen molar-refractivity contribution in [3.05, 3.63) is 0 Å². The fraction of sp³-hybridized carbons (Fsp3) is 0.882. The van der Waals surface area contributed by atoms with E-state index >= 15 is 0 Å². The Bertz CT molecular complexity index is 1550. The van der Waals surface area contributed by atoms with Gasteiger partial charge in [-0.15, -0.1) is 0 Å². The van der Waals surface area contributed by atoms with E-state index in [9.17, 15) is 39.6 Å². The number of carbonyl (C=O) groups excluding carboxylic acids is 4. The van der Waals surface area contributed by atoms with E-state index in [1.165, 1.54) is 27.7 Å². The van der Waals surface area contributed by atoms with Crippen molar-refractivity contribution in [3.63, 3.8) is 0 Å². The van der Waals surface area contributed by atoms with Crippen LogP contribution >= 0.6 is 0 Å². The number of fused-ring (bicyclic) bond motifs is 9. The number of esters is 4. The molecule has 0 aromatic rings. The highest BCUT2D eigenvalue weighted by Gasteiger charge is 2.93. The summed E-state index contributed by atoms with van der Waals surface area (Å²) in [6.07, 6.45) is -8.56. The molecule has 3 aliphatic heterocycles. The van der Waals surface area contributed by atoms with E-state index in [0.29, 0.717) is 0 Å². The molecular formula is C34H47NO14. The zero-order valence-corrected chi connectivity index (χ0v) is 28.8. The van der Waals surface area contributed by atoms with Crippen LogP contribution < -0.4 is 5.73 Å². The second kappa shape index (κ2) is 9.52. The molecular weight excluding hydrogens is 646 g/mol. The summed E-state index contributed by atoms with van der Waals surface area (Å²) in [4.78, 5) is 52.6. The lowest BCUT2D eigenvalue weighted by Gasteiger charge is -2.69. The maximum Gasteiger partial charge on any atom is 0.341 e. The molecule has 2 unspecified atom stereocenters. The van der Waals surface area contributed by atoms with Crippen LogP contribution in [0.4, 0.5) is 0 Å². The average molecular weight is 694 g/mol. The third-order valence-electron chi connectivity index (χ3n) is 15.2. The minimum atomic E-state index is -2.13. The van der Waals surface area contributed by atoms with E-state index < -0.39 is 147 Å². The molecule has 0 aromatic heterocycles. The number of rotatable bonds is 3. The molecule has 5 aliphatic carbocycles. The molecule has 15 nitrogen and oxygen atoms in total. The molecule has 1 spiro atoms.